The Balaban J connectivity index is 1.70. The van der Waals surface area contributed by atoms with Gasteiger partial charge >= 0.3 is 0 Å². The number of hydrogen-bond acceptors (Lipinski definition) is 4. The zero-order chi connectivity index (χ0) is 17.4. The molecule has 1 aliphatic rings. The van der Waals surface area contributed by atoms with E-state index in [0.29, 0.717) is 23.5 Å². The van der Waals surface area contributed by atoms with Gasteiger partial charge in [-0.15, -0.1) is 11.3 Å². The topological polar surface area (TPSA) is 45.2 Å². The maximum absolute atomic E-state index is 13.5. The van der Waals surface area contributed by atoms with Crippen LogP contribution in [0.1, 0.15) is 27.1 Å². The van der Waals surface area contributed by atoms with Crippen LogP contribution in [0.4, 0.5) is 14.5 Å². The van der Waals surface area contributed by atoms with E-state index in [1.165, 1.54) is 6.07 Å². The molecule has 0 saturated carbocycles. The summed E-state index contributed by atoms with van der Waals surface area (Å²) in [7, 11) is 0. The van der Waals surface area contributed by atoms with Gasteiger partial charge in [-0.25, -0.2) is 8.78 Å². The molecule has 1 aromatic carbocycles. The van der Waals surface area contributed by atoms with Gasteiger partial charge in [0.15, 0.2) is 11.6 Å². The number of fused-ring (bicyclic) bond motifs is 1. The third kappa shape index (κ3) is 2.87. The first-order valence-electron chi connectivity index (χ1n) is 7.63. The van der Waals surface area contributed by atoms with Crippen LogP contribution in [0.3, 0.4) is 0 Å². The van der Waals surface area contributed by atoms with Crippen LogP contribution in [0, 0.1) is 11.6 Å². The number of hydrogen-bond donors (Lipinski definition) is 1. The number of aromatic nitrogens is 1. The van der Waals surface area contributed by atoms with Crippen LogP contribution < -0.4 is 5.32 Å². The summed E-state index contributed by atoms with van der Waals surface area (Å²) in [4.78, 5) is 19.7. The maximum atomic E-state index is 13.5. The number of amides is 1. The van der Waals surface area contributed by atoms with Crippen LogP contribution in [0.15, 0.2) is 54.0 Å². The number of nitrogens with one attached hydrogen (secondary N) is 1. The molecule has 2 aromatic heterocycles. The molecular weight excluding hydrogens is 344 g/mol. The van der Waals surface area contributed by atoms with E-state index < -0.39 is 17.8 Å². The molecular formula is C18H13F2N3OS. The lowest BCUT2D eigenvalue weighted by Gasteiger charge is -2.26. The monoisotopic (exact) mass is 357 g/mol. The Labute approximate surface area is 146 Å². The van der Waals surface area contributed by atoms with Crippen LogP contribution in [0.5, 0.6) is 0 Å². The van der Waals surface area contributed by atoms with E-state index in [-0.39, 0.29) is 5.91 Å². The van der Waals surface area contributed by atoms with Crippen LogP contribution in [0.25, 0.3) is 0 Å². The Bertz CT molecular complexity index is 930. The van der Waals surface area contributed by atoms with Gasteiger partial charge in [0.25, 0.3) is 5.91 Å². The first kappa shape index (κ1) is 15.7. The van der Waals surface area contributed by atoms with E-state index in [0.717, 1.165) is 17.0 Å². The molecule has 4 rings (SSSR count). The van der Waals surface area contributed by atoms with Crippen molar-refractivity contribution in [3.63, 3.8) is 0 Å². The quantitative estimate of drug-likeness (QED) is 0.762. The lowest BCUT2D eigenvalue weighted by molar-refractivity contribution is 0.0729. The molecule has 1 N–H and O–H groups in total. The Morgan fingerprint density at radius 1 is 1.16 bits per heavy atom. The van der Waals surface area contributed by atoms with Gasteiger partial charge in [0.1, 0.15) is 6.17 Å². The third-order valence-electron chi connectivity index (χ3n) is 4.03. The standard InChI is InChI=1S/C18H13F2N3OS/c19-14-6-5-11(9-15(14)20)22-17-16-13(4-1-7-21-16)18(24)23(17)10-12-3-2-8-25-12/h1-9,17,22H,10H2/t17-/m1/s1. The molecule has 1 amide bonds. The van der Waals surface area contributed by atoms with Gasteiger partial charge in [-0.2, -0.15) is 0 Å². The average Bonchev–Trinajstić information content (AvgIpc) is 3.21. The third-order valence-corrected chi connectivity index (χ3v) is 4.89. The molecule has 25 heavy (non-hydrogen) atoms. The van der Waals surface area contributed by atoms with Gasteiger partial charge in [-0.05, 0) is 35.7 Å². The Morgan fingerprint density at radius 2 is 2.04 bits per heavy atom. The highest BCUT2D eigenvalue weighted by molar-refractivity contribution is 7.09. The molecule has 126 valence electrons. The van der Waals surface area contributed by atoms with Crippen molar-refractivity contribution in [3.05, 3.63) is 81.8 Å². The molecule has 1 atom stereocenters. The van der Waals surface area contributed by atoms with E-state index in [2.05, 4.69) is 10.3 Å². The summed E-state index contributed by atoms with van der Waals surface area (Å²) >= 11 is 1.55. The number of nitrogens with zero attached hydrogens (tertiary/aromatic N) is 2. The molecule has 3 heterocycles. The lowest BCUT2D eigenvalue weighted by atomic mass is 10.2. The molecule has 0 spiro atoms. The molecule has 0 bridgehead atoms. The second kappa shape index (κ2) is 6.25. The predicted octanol–water partition coefficient (Wildman–Crippen LogP) is 4.19. The van der Waals surface area contributed by atoms with Crippen molar-refractivity contribution in [2.75, 3.05) is 5.32 Å². The molecule has 0 radical (unpaired) electrons. The van der Waals surface area contributed by atoms with Crippen LogP contribution in [-0.4, -0.2) is 15.8 Å². The summed E-state index contributed by atoms with van der Waals surface area (Å²) in [6.45, 7) is 0.411. The van der Waals surface area contributed by atoms with Gasteiger partial charge in [-0.1, -0.05) is 6.07 Å². The summed E-state index contributed by atoms with van der Waals surface area (Å²) in [5.41, 5.74) is 1.47. The Kier molecular flexibility index (Phi) is 3.93. The minimum Gasteiger partial charge on any atom is -0.360 e. The zero-order valence-electron chi connectivity index (χ0n) is 12.9. The minimum atomic E-state index is -0.944. The predicted molar refractivity (Wildman–Crippen MR) is 91.2 cm³/mol. The highest BCUT2D eigenvalue weighted by Gasteiger charge is 2.38. The van der Waals surface area contributed by atoms with E-state index in [1.807, 2.05) is 17.5 Å². The number of thiophene rings is 1. The number of rotatable bonds is 4. The van der Waals surface area contributed by atoms with Crippen molar-refractivity contribution in [1.29, 1.82) is 0 Å². The second-order valence-electron chi connectivity index (χ2n) is 5.62. The van der Waals surface area contributed by atoms with Crippen molar-refractivity contribution < 1.29 is 13.6 Å². The van der Waals surface area contributed by atoms with E-state index in [1.54, 1.807) is 34.6 Å². The number of anilines is 1. The van der Waals surface area contributed by atoms with Gasteiger partial charge in [0.2, 0.25) is 0 Å². The molecule has 0 fully saturated rings. The summed E-state index contributed by atoms with van der Waals surface area (Å²) in [6.07, 6.45) is 1.07. The van der Waals surface area contributed by atoms with Crippen molar-refractivity contribution in [1.82, 2.24) is 9.88 Å². The molecule has 0 saturated heterocycles. The summed E-state index contributed by atoms with van der Waals surface area (Å²) in [6, 6.07) is 10.9. The van der Waals surface area contributed by atoms with Crippen molar-refractivity contribution in [3.8, 4) is 0 Å². The summed E-state index contributed by atoms with van der Waals surface area (Å²) in [5, 5.41) is 5.04. The van der Waals surface area contributed by atoms with Crippen LogP contribution in [-0.2, 0) is 6.54 Å². The Morgan fingerprint density at radius 3 is 2.80 bits per heavy atom. The highest BCUT2D eigenvalue weighted by Crippen LogP contribution is 2.34. The van der Waals surface area contributed by atoms with Gasteiger partial charge in [0.05, 0.1) is 17.8 Å². The molecule has 7 heteroatoms. The average molecular weight is 357 g/mol. The number of carbonyl (C=O) groups excluding carboxylic acids is 1. The first-order valence-corrected chi connectivity index (χ1v) is 8.51. The van der Waals surface area contributed by atoms with Crippen molar-refractivity contribution in [2.24, 2.45) is 0 Å². The fraction of sp³-hybridized carbons (Fsp3) is 0.111. The normalized spacial score (nSPS) is 16.2. The Hall–Kier alpha value is -2.80. The van der Waals surface area contributed by atoms with Crippen molar-refractivity contribution >= 4 is 22.9 Å². The SMILES string of the molecule is O=C1c2cccnc2[C@H](Nc2ccc(F)c(F)c2)N1Cc1cccs1. The van der Waals surface area contributed by atoms with E-state index >= 15 is 0 Å². The maximum Gasteiger partial charge on any atom is 0.258 e. The molecule has 0 aliphatic carbocycles. The first-order chi connectivity index (χ1) is 12.1. The smallest absolute Gasteiger partial charge is 0.258 e. The molecule has 3 aromatic rings. The van der Waals surface area contributed by atoms with Gasteiger partial charge < -0.3 is 10.2 Å². The summed E-state index contributed by atoms with van der Waals surface area (Å²) in [5.74, 6) is -2.00. The highest BCUT2D eigenvalue weighted by atomic mass is 32.1. The van der Waals surface area contributed by atoms with Crippen LogP contribution >= 0.6 is 11.3 Å². The number of benzene rings is 1. The summed E-state index contributed by atoms with van der Waals surface area (Å²) < 4.78 is 26.7. The zero-order valence-corrected chi connectivity index (χ0v) is 13.8. The second-order valence-corrected chi connectivity index (χ2v) is 6.66. The van der Waals surface area contributed by atoms with Crippen LogP contribution in [0.2, 0.25) is 0 Å². The van der Waals surface area contributed by atoms with E-state index in [4.69, 9.17) is 0 Å². The number of carbonyl (C=O) groups is 1. The molecule has 4 nitrogen and oxygen atoms in total. The van der Waals surface area contributed by atoms with Gasteiger partial charge in [0, 0.05) is 22.8 Å². The number of pyridine rings is 1. The van der Waals surface area contributed by atoms with Crippen molar-refractivity contribution in [2.45, 2.75) is 12.7 Å². The fourth-order valence-corrected chi connectivity index (χ4v) is 3.56. The van der Waals surface area contributed by atoms with Gasteiger partial charge in [-0.3, -0.25) is 9.78 Å². The largest absolute Gasteiger partial charge is 0.360 e. The fourth-order valence-electron chi connectivity index (χ4n) is 2.86. The molecule has 0 unspecified atom stereocenters. The lowest BCUT2D eigenvalue weighted by Crippen LogP contribution is -2.31. The molecule has 1 aliphatic heterocycles. The minimum absolute atomic E-state index is 0.142. The number of halogens is 2. The van der Waals surface area contributed by atoms with E-state index in [9.17, 15) is 13.6 Å².